The molecule has 16 nitrogen and oxygen atoms in total. The molecule has 3 heterocycles. The summed E-state index contributed by atoms with van der Waals surface area (Å²) in [4.78, 5) is 63.2. The Morgan fingerprint density at radius 2 is 1.57 bits per heavy atom. The van der Waals surface area contributed by atoms with Crippen LogP contribution in [0.15, 0.2) is 42.5 Å². The minimum Gasteiger partial charge on any atom is -0.480 e. The Balaban J connectivity index is 0.00000501. The predicted molar refractivity (Wildman–Crippen MR) is 254 cm³/mol. The molecule has 0 aliphatic heterocycles. The van der Waals surface area contributed by atoms with E-state index in [4.69, 9.17) is 11.6 Å². The van der Waals surface area contributed by atoms with Crippen LogP contribution in [0.2, 0.25) is 5.02 Å². The van der Waals surface area contributed by atoms with E-state index in [-0.39, 0.29) is 36.1 Å². The van der Waals surface area contributed by atoms with Crippen molar-refractivity contribution in [2.75, 3.05) is 23.0 Å². The number of carboxylic acids is 1. The van der Waals surface area contributed by atoms with Gasteiger partial charge in [0, 0.05) is 58.7 Å². The van der Waals surface area contributed by atoms with Crippen LogP contribution in [-0.2, 0) is 69.4 Å². The lowest BCUT2D eigenvalue weighted by molar-refractivity contribution is -0.143. The van der Waals surface area contributed by atoms with Crippen molar-refractivity contribution in [1.29, 1.82) is 0 Å². The third-order valence-electron chi connectivity index (χ3n) is 10.8. The maximum Gasteiger partial charge on any atom is 0.435 e. The number of rotatable bonds is 15. The van der Waals surface area contributed by atoms with Crippen molar-refractivity contribution >= 4 is 76.4 Å². The standard InChI is InChI=1S/C42H38ClF10N8O8PS2.C2H6/c1-39(2,71(3)68)11-9-23-5-6-24(25-7-8-27(43)31-33(25)60(19-41(48,49)50)58-36(31)61(72(4)69)38(65)56-29(37(63)64)18-70(66)67)32(54-23)28(15-20-13-21(44)16-22(45)14-20)55-30(62)17-59-35-26(10-12-40(35,46)47)34(57-59)42(51,52)53;1-2/h5-8,13-14,16,28-29,66-67H,10,12,15,17-19H2,1-4H3,(H,55,62)(H,56,65)(H,63,64);1-2H3. The highest BCUT2D eigenvalue weighted by molar-refractivity contribution is 7.86. The molecule has 74 heavy (non-hydrogen) atoms. The van der Waals surface area contributed by atoms with Gasteiger partial charge in [0.15, 0.2) is 19.9 Å². The van der Waals surface area contributed by atoms with Gasteiger partial charge >= 0.3 is 24.4 Å². The third-order valence-corrected chi connectivity index (χ3v) is 14.2. The topological polar surface area (TPSA) is 222 Å². The molecule has 2 aromatic carbocycles. The molecule has 5 aromatic rings. The largest absolute Gasteiger partial charge is 0.480 e. The molecule has 3 aromatic heterocycles. The van der Waals surface area contributed by atoms with Crippen molar-refractivity contribution in [3.63, 3.8) is 0 Å². The minimum absolute atomic E-state index is 0.160. The van der Waals surface area contributed by atoms with E-state index in [1.165, 1.54) is 32.2 Å². The Bertz CT molecular complexity index is 3070. The molecule has 0 spiro atoms. The lowest BCUT2D eigenvalue weighted by atomic mass is 9.93. The van der Waals surface area contributed by atoms with E-state index < -0.39 is 178 Å². The molecule has 1 aliphatic carbocycles. The van der Waals surface area contributed by atoms with Crippen LogP contribution in [0, 0.1) is 23.5 Å². The fourth-order valence-electron chi connectivity index (χ4n) is 7.57. The zero-order valence-electron chi connectivity index (χ0n) is 39.4. The van der Waals surface area contributed by atoms with Crippen LogP contribution in [-0.4, -0.2) is 101 Å². The monoisotopic (exact) mass is 1130 g/mol. The van der Waals surface area contributed by atoms with Gasteiger partial charge in [0.2, 0.25) is 5.91 Å². The highest BCUT2D eigenvalue weighted by atomic mass is 35.5. The number of hydrogen-bond acceptors (Lipinski definition) is 10. The number of aromatic nitrogens is 5. The number of aliphatic carboxylic acids is 1. The Morgan fingerprint density at radius 1 is 0.946 bits per heavy atom. The number of fused-ring (bicyclic) bond motifs is 2. The summed E-state index contributed by atoms with van der Waals surface area (Å²) in [5.41, 5.74) is -5.79. The number of urea groups is 1. The molecule has 0 saturated heterocycles. The molecular weight excluding hydrogens is 1090 g/mol. The van der Waals surface area contributed by atoms with E-state index in [0.29, 0.717) is 6.07 Å². The van der Waals surface area contributed by atoms with Crippen molar-refractivity contribution in [3.05, 3.63) is 93.0 Å². The van der Waals surface area contributed by atoms with Crippen LogP contribution in [0.1, 0.15) is 74.1 Å². The Hall–Kier alpha value is -5.72. The summed E-state index contributed by atoms with van der Waals surface area (Å²) in [5.74, 6) is -4.69. The number of halogens is 11. The molecule has 6 rings (SSSR count). The summed E-state index contributed by atoms with van der Waals surface area (Å²) in [6.45, 7) is 3.72. The second kappa shape index (κ2) is 23.0. The number of amides is 3. The molecule has 0 fully saturated rings. The second-order valence-electron chi connectivity index (χ2n) is 16.5. The quantitative estimate of drug-likeness (QED) is 0.0384. The number of alkyl halides is 8. The maximum atomic E-state index is 15.2. The first-order valence-electron chi connectivity index (χ1n) is 21.5. The maximum absolute atomic E-state index is 15.2. The van der Waals surface area contributed by atoms with Crippen molar-refractivity contribution in [2.24, 2.45) is 0 Å². The molecule has 0 bridgehead atoms. The number of hydrogen-bond donors (Lipinski definition) is 5. The smallest absolute Gasteiger partial charge is 0.435 e. The number of nitrogens with one attached hydrogen (secondary N) is 2. The predicted octanol–water partition coefficient (Wildman–Crippen LogP) is 8.04. The normalized spacial score (nSPS) is 15.0. The van der Waals surface area contributed by atoms with Gasteiger partial charge in [0.1, 0.15) is 57.9 Å². The fourth-order valence-corrected chi connectivity index (χ4v) is 9.23. The molecule has 3 amide bonds. The molecule has 402 valence electrons. The SMILES string of the molecule is CC.CS(=O)N(C(=O)NC(CP(O)O)C(=O)O)c1nn(CC(F)(F)F)c2c(-c3ccc(C#CC(C)(C)S(C)=O)nc3C(Cc3cc(F)cc(F)c3)NC(=O)Cn3nc(C(F)(F)F)c4c3C(F)(F)CC4)ccc(Cl)c12. The number of carbonyl (C=O) groups excluding carboxylic acids is 2. The molecule has 4 unspecified atom stereocenters. The van der Waals surface area contributed by atoms with Gasteiger partial charge in [-0.2, -0.15) is 49.6 Å². The van der Waals surface area contributed by atoms with Gasteiger partial charge in [-0.05, 0) is 68.5 Å². The average molecular weight is 1130 g/mol. The number of anilines is 1. The van der Waals surface area contributed by atoms with Gasteiger partial charge in [0.25, 0.3) is 5.92 Å². The van der Waals surface area contributed by atoms with E-state index >= 15 is 8.78 Å². The van der Waals surface area contributed by atoms with Crippen molar-refractivity contribution < 1.29 is 81.6 Å². The van der Waals surface area contributed by atoms with E-state index in [1.54, 1.807) is 0 Å². The lowest BCUT2D eigenvalue weighted by Gasteiger charge is -2.23. The van der Waals surface area contributed by atoms with Gasteiger partial charge in [-0.25, -0.2) is 27.6 Å². The van der Waals surface area contributed by atoms with Crippen LogP contribution < -0.4 is 14.9 Å². The first kappa shape index (κ1) is 59.2. The minimum atomic E-state index is -5.23. The van der Waals surface area contributed by atoms with Gasteiger partial charge in [-0.3, -0.25) is 18.4 Å². The van der Waals surface area contributed by atoms with Crippen molar-refractivity contribution in [2.45, 2.75) is 95.2 Å². The number of nitrogens with zero attached hydrogens (tertiary/aromatic N) is 6. The number of benzene rings is 2. The molecular formula is C44H44ClF10N8O8PS2. The van der Waals surface area contributed by atoms with Crippen LogP contribution in [0.5, 0.6) is 0 Å². The lowest BCUT2D eigenvalue weighted by Crippen LogP contribution is -2.50. The molecule has 0 radical (unpaired) electrons. The Morgan fingerprint density at radius 3 is 2.12 bits per heavy atom. The summed E-state index contributed by atoms with van der Waals surface area (Å²) in [6, 6.07) is 1.33. The van der Waals surface area contributed by atoms with Crippen LogP contribution in [0.3, 0.4) is 0 Å². The van der Waals surface area contributed by atoms with Crippen LogP contribution in [0.25, 0.3) is 22.0 Å². The number of pyridine rings is 1. The number of carboxylic acid groups (broad SMARTS) is 1. The summed E-state index contributed by atoms with van der Waals surface area (Å²) < 4.78 is 171. The second-order valence-corrected chi connectivity index (χ2v) is 21.2. The third kappa shape index (κ3) is 13.8. The molecule has 1 aliphatic rings. The molecule has 0 saturated carbocycles. The van der Waals surface area contributed by atoms with E-state index in [2.05, 4.69) is 32.3 Å². The Kier molecular flexibility index (Phi) is 18.4. The van der Waals surface area contributed by atoms with E-state index in [0.717, 1.165) is 30.5 Å². The van der Waals surface area contributed by atoms with E-state index in [9.17, 15) is 72.8 Å². The highest BCUT2D eigenvalue weighted by Crippen LogP contribution is 2.47. The summed E-state index contributed by atoms with van der Waals surface area (Å²) in [6.07, 6.45) is -11.6. The highest BCUT2D eigenvalue weighted by Gasteiger charge is 2.50. The van der Waals surface area contributed by atoms with Gasteiger partial charge in [-0.1, -0.05) is 37.4 Å². The zero-order valence-corrected chi connectivity index (χ0v) is 42.7. The molecule has 5 N–H and O–H groups in total. The summed E-state index contributed by atoms with van der Waals surface area (Å²) >= 11 is 6.63. The summed E-state index contributed by atoms with van der Waals surface area (Å²) in [5, 5.41) is 20.2. The average Bonchev–Trinajstić information content (AvgIpc) is 3.93. The van der Waals surface area contributed by atoms with Crippen molar-refractivity contribution in [3.8, 4) is 23.0 Å². The van der Waals surface area contributed by atoms with Gasteiger partial charge in [-0.15, -0.1) is 0 Å². The van der Waals surface area contributed by atoms with Gasteiger partial charge < -0.3 is 25.5 Å². The fraction of sp³-hybridized carbons (Fsp3) is 0.409. The zero-order chi connectivity index (χ0) is 55.6. The van der Waals surface area contributed by atoms with Gasteiger partial charge in [0.05, 0.1) is 27.7 Å². The van der Waals surface area contributed by atoms with Crippen LogP contribution in [0.4, 0.5) is 54.5 Å². The molecule has 30 heteroatoms. The molecule has 4 atom stereocenters. The van der Waals surface area contributed by atoms with Crippen LogP contribution >= 0.6 is 20.0 Å². The van der Waals surface area contributed by atoms with E-state index in [1.807, 2.05) is 19.2 Å². The number of carbonyl (C=O) groups is 3. The summed E-state index contributed by atoms with van der Waals surface area (Å²) in [7, 11) is -7.17. The first-order valence-corrected chi connectivity index (χ1v) is 26.4. The Labute approximate surface area is 425 Å². The van der Waals surface area contributed by atoms with Crippen molar-refractivity contribution in [1.82, 2.24) is 35.2 Å². The first-order chi connectivity index (χ1) is 34.3.